The molecule has 0 spiro atoms. The lowest BCUT2D eigenvalue weighted by molar-refractivity contribution is -0.127. The number of benzene rings is 1. The zero-order valence-electron chi connectivity index (χ0n) is 16.4. The van der Waals surface area contributed by atoms with Gasteiger partial charge in [-0.15, -0.1) is 0 Å². The van der Waals surface area contributed by atoms with Gasteiger partial charge >= 0.3 is 0 Å². The number of nitrogens with zero attached hydrogens (tertiary/aromatic N) is 1. The van der Waals surface area contributed by atoms with E-state index in [1.54, 1.807) is 0 Å². The first-order valence-corrected chi connectivity index (χ1v) is 9.99. The van der Waals surface area contributed by atoms with Crippen LogP contribution in [0.25, 0.3) is 0 Å². The predicted octanol–water partition coefficient (Wildman–Crippen LogP) is 2.25. The summed E-state index contributed by atoms with van der Waals surface area (Å²) in [5, 5.41) is 6.01. The van der Waals surface area contributed by atoms with Crippen LogP contribution in [-0.2, 0) is 14.3 Å². The Labute approximate surface area is 161 Å². The molecular formula is C21H31N3O3. The smallest absolute Gasteiger partial charge is 0.238 e. The van der Waals surface area contributed by atoms with E-state index in [1.807, 2.05) is 26.0 Å². The second-order valence-corrected chi connectivity index (χ2v) is 7.86. The lowest BCUT2D eigenvalue weighted by Crippen LogP contribution is -2.44. The van der Waals surface area contributed by atoms with Crippen LogP contribution in [0.4, 0.5) is 5.69 Å². The summed E-state index contributed by atoms with van der Waals surface area (Å²) < 4.78 is 5.55. The minimum atomic E-state index is 0.00119. The van der Waals surface area contributed by atoms with E-state index in [-0.39, 0.29) is 23.8 Å². The molecule has 148 valence electrons. The number of rotatable bonds is 6. The van der Waals surface area contributed by atoms with E-state index in [2.05, 4.69) is 21.6 Å². The molecule has 1 atom stereocenters. The molecule has 2 aliphatic rings. The van der Waals surface area contributed by atoms with Crippen LogP contribution < -0.4 is 10.6 Å². The van der Waals surface area contributed by atoms with Gasteiger partial charge in [-0.1, -0.05) is 6.07 Å². The standard InChI is InChI=1S/C21H31N3O3/c1-15-10-16(2)12-18(11-15)23-20(25)14-24-7-5-17(6-8-24)21(26)22-13-19-4-3-9-27-19/h10-12,17,19H,3-9,13-14H2,1-2H3,(H,22,26)(H,23,25). The highest BCUT2D eigenvalue weighted by atomic mass is 16.5. The average Bonchev–Trinajstić information content (AvgIpc) is 3.13. The highest BCUT2D eigenvalue weighted by Gasteiger charge is 2.26. The van der Waals surface area contributed by atoms with Crippen molar-refractivity contribution in [3.05, 3.63) is 29.3 Å². The molecule has 2 aliphatic heterocycles. The van der Waals surface area contributed by atoms with Crippen LogP contribution in [-0.4, -0.2) is 55.6 Å². The number of likely N-dealkylation sites (tertiary alicyclic amines) is 1. The largest absolute Gasteiger partial charge is 0.376 e. The van der Waals surface area contributed by atoms with Crippen molar-refractivity contribution in [1.82, 2.24) is 10.2 Å². The van der Waals surface area contributed by atoms with Gasteiger partial charge in [0.25, 0.3) is 0 Å². The molecule has 1 aromatic carbocycles. The molecule has 0 aromatic heterocycles. The first kappa shape index (κ1) is 19.8. The summed E-state index contributed by atoms with van der Waals surface area (Å²) in [7, 11) is 0. The van der Waals surface area contributed by atoms with Gasteiger partial charge in [-0.05, 0) is 75.9 Å². The number of piperidine rings is 1. The van der Waals surface area contributed by atoms with Gasteiger partial charge in [-0.2, -0.15) is 0 Å². The number of nitrogens with one attached hydrogen (secondary N) is 2. The molecule has 27 heavy (non-hydrogen) atoms. The van der Waals surface area contributed by atoms with E-state index in [1.165, 1.54) is 0 Å². The number of carbonyl (C=O) groups excluding carboxylic acids is 2. The van der Waals surface area contributed by atoms with E-state index in [4.69, 9.17) is 4.74 Å². The Hall–Kier alpha value is -1.92. The number of hydrogen-bond acceptors (Lipinski definition) is 4. The maximum absolute atomic E-state index is 12.3. The van der Waals surface area contributed by atoms with Crippen molar-refractivity contribution in [2.75, 3.05) is 38.1 Å². The summed E-state index contributed by atoms with van der Waals surface area (Å²) in [4.78, 5) is 26.8. The molecule has 0 radical (unpaired) electrons. The third kappa shape index (κ3) is 6.04. The van der Waals surface area contributed by atoms with Crippen molar-refractivity contribution in [3.8, 4) is 0 Å². The lowest BCUT2D eigenvalue weighted by atomic mass is 9.96. The Balaban J connectivity index is 1.38. The fraction of sp³-hybridized carbons (Fsp3) is 0.619. The van der Waals surface area contributed by atoms with Gasteiger partial charge in [0.15, 0.2) is 0 Å². The molecule has 0 saturated carbocycles. The van der Waals surface area contributed by atoms with Gasteiger partial charge in [-0.3, -0.25) is 14.5 Å². The minimum Gasteiger partial charge on any atom is -0.376 e. The van der Waals surface area contributed by atoms with Crippen LogP contribution in [0.5, 0.6) is 0 Å². The monoisotopic (exact) mass is 373 g/mol. The van der Waals surface area contributed by atoms with Crippen molar-refractivity contribution >= 4 is 17.5 Å². The Bertz CT molecular complexity index is 642. The normalized spacial score (nSPS) is 21.2. The van der Waals surface area contributed by atoms with Gasteiger partial charge in [-0.25, -0.2) is 0 Å². The predicted molar refractivity (Wildman–Crippen MR) is 106 cm³/mol. The first-order valence-electron chi connectivity index (χ1n) is 9.99. The van der Waals surface area contributed by atoms with Crippen LogP contribution in [0.3, 0.4) is 0 Å². The van der Waals surface area contributed by atoms with Crippen LogP contribution in [0.15, 0.2) is 18.2 Å². The van der Waals surface area contributed by atoms with Crippen molar-refractivity contribution < 1.29 is 14.3 Å². The summed E-state index contributed by atoms with van der Waals surface area (Å²) >= 11 is 0. The van der Waals surface area contributed by atoms with E-state index in [0.717, 1.165) is 62.2 Å². The van der Waals surface area contributed by atoms with Crippen LogP contribution in [0.2, 0.25) is 0 Å². The Kier molecular flexibility index (Phi) is 6.85. The van der Waals surface area contributed by atoms with E-state index < -0.39 is 0 Å². The van der Waals surface area contributed by atoms with Gasteiger partial charge < -0.3 is 15.4 Å². The van der Waals surface area contributed by atoms with Crippen molar-refractivity contribution in [1.29, 1.82) is 0 Å². The maximum Gasteiger partial charge on any atom is 0.238 e. The molecule has 3 rings (SSSR count). The number of aryl methyl sites for hydroxylation is 2. The summed E-state index contributed by atoms with van der Waals surface area (Å²) in [5.41, 5.74) is 3.13. The number of ether oxygens (including phenoxy) is 1. The second-order valence-electron chi connectivity index (χ2n) is 7.86. The minimum absolute atomic E-state index is 0.00119. The van der Waals surface area contributed by atoms with Crippen molar-refractivity contribution in [2.45, 2.75) is 45.6 Å². The number of amides is 2. The topological polar surface area (TPSA) is 70.7 Å². The SMILES string of the molecule is Cc1cc(C)cc(NC(=O)CN2CCC(C(=O)NCC3CCCO3)CC2)c1. The van der Waals surface area contributed by atoms with E-state index >= 15 is 0 Å². The van der Waals surface area contributed by atoms with Crippen molar-refractivity contribution in [3.63, 3.8) is 0 Å². The molecular weight excluding hydrogens is 342 g/mol. The molecule has 2 N–H and O–H groups in total. The highest BCUT2D eigenvalue weighted by Crippen LogP contribution is 2.19. The van der Waals surface area contributed by atoms with Gasteiger partial charge in [0, 0.05) is 24.8 Å². The third-order valence-electron chi connectivity index (χ3n) is 5.36. The zero-order valence-corrected chi connectivity index (χ0v) is 16.4. The Morgan fingerprint density at radius 1 is 1.11 bits per heavy atom. The molecule has 2 heterocycles. The first-order chi connectivity index (χ1) is 13.0. The summed E-state index contributed by atoms with van der Waals surface area (Å²) in [6.07, 6.45) is 3.91. The summed E-state index contributed by atoms with van der Waals surface area (Å²) in [5.74, 6) is 0.177. The van der Waals surface area contributed by atoms with Gasteiger partial charge in [0.05, 0.1) is 12.6 Å². The molecule has 2 saturated heterocycles. The molecule has 6 nitrogen and oxygen atoms in total. The maximum atomic E-state index is 12.3. The van der Waals surface area contributed by atoms with E-state index in [9.17, 15) is 9.59 Å². The van der Waals surface area contributed by atoms with Crippen LogP contribution in [0.1, 0.15) is 36.8 Å². The molecule has 1 unspecified atom stereocenters. The Morgan fingerprint density at radius 3 is 2.44 bits per heavy atom. The molecule has 6 heteroatoms. The van der Waals surface area contributed by atoms with Gasteiger partial charge in [0.2, 0.25) is 11.8 Å². The molecule has 0 bridgehead atoms. The fourth-order valence-corrected chi connectivity index (χ4v) is 3.97. The number of carbonyl (C=O) groups is 2. The second kappa shape index (κ2) is 9.33. The van der Waals surface area contributed by atoms with Crippen LogP contribution in [0, 0.1) is 19.8 Å². The number of hydrogen-bond donors (Lipinski definition) is 2. The quantitative estimate of drug-likeness (QED) is 0.802. The van der Waals surface area contributed by atoms with Crippen molar-refractivity contribution in [2.24, 2.45) is 5.92 Å². The third-order valence-corrected chi connectivity index (χ3v) is 5.36. The van der Waals surface area contributed by atoms with Crippen LogP contribution >= 0.6 is 0 Å². The van der Waals surface area contributed by atoms with Gasteiger partial charge in [0.1, 0.15) is 0 Å². The zero-order chi connectivity index (χ0) is 19.2. The molecule has 2 fully saturated rings. The average molecular weight is 373 g/mol. The Morgan fingerprint density at radius 2 is 1.81 bits per heavy atom. The molecule has 1 aromatic rings. The lowest BCUT2D eigenvalue weighted by Gasteiger charge is -2.31. The van der Waals surface area contributed by atoms with E-state index in [0.29, 0.717) is 13.1 Å². The number of anilines is 1. The highest BCUT2D eigenvalue weighted by molar-refractivity contribution is 5.92. The molecule has 2 amide bonds. The summed E-state index contributed by atoms with van der Waals surface area (Å²) in [6.45, 7) is 7.41. The fourth-order valence-electron chi connectivity index (χ4n) is 3.97. The summed E-state index contributed by atoms with van der Waals surface area (Å²) in [6, 6.07) is 6.05. The molecule has 0 aliphatic carbocycles.